The highest BCUT2D eigenvalue weighted by atomic mass is 16.6. The van der Waals surface area contributed by atoms with Crippen LogP contribution in [0.2, 0.25) is 0 Å². The van der Waals surface area contributed by atoms with Gasteiger partial charge in [0, 0.05) is 19.3 Å². The maximum Gasteiger partial charge on any atom is 0.306 e. The van der Waals surface area contributed by atoms with E-state index in [1.54, 1.807) is 0 Å². The minimum atomic E-state index is -0.788. The Kier molecular flexibility index (Phi) is 66.6. The molecule has 0 aromatic heterocycles. The Balaban J connectivity index is 4.25. The first-order chi connectivity index (χ1) is 40.0. The molecule has 0 heterocycles. The molecule has 1 atom stereocenters. The van der Waals surface area contributed by atoms with Crippen molar-refractivity contribution in [1.29, 1.82) is 0 Å². The second kappa shape index (κ2) is 69.3. The number of allylic oxidation sites excluding steroid dienone is 12. The highest BCUT2D eigenvalue weighted by Gasteiger charge is 2.19. The summed E-state index contributed by atoms with van der Waals surface area (Å²) in [6.07, 6.45) is 90.8. The normalized spacial score (nSPS) is 12.5. The summed E-state index contributed by atoms with van der Waals surface area (Å²) in [4.78, 5) is 38.4. The van der Waals surface area contributed by atoms with Gasteiger partial charge in [-0.05, 0) is 70.6 Å². The molecule has 0 spiro atoms. The van der Waals surface area contributed by atoms with Crippen LogP contribution < -0.4 is 0 Å². The van der Waals surface area contributed by atoms with Gasteiger partial charge in [-0.3, -0.25) is 14.4 Å². The molecule has 0 bridgehead atoms. The van der Waals surface area contributed by atoms with E-state index >= 15 is 0 Å². The molecular weight excluding hydrogens is 997 g/mol. The zero-order chi connectivity index (χ0) is 58.5. The van der Waals surface area contributed by atoms with Crippen molar-refractivity contribution in [3.63, 3.8) is 0 Å². The van der Waals surface area contributed by atoms with Crippen LogP contribution in [0.15, 0.2) is 72.9 Å². The molecule has 0 saturated carbocycles. The minimum Gasteiger partial charge on any atom is -0.462 e. The summed E-state index contributed by atoms with van der Waals surface area (Å²) in [5, 5.41) is 0. The summed E-state index contributed by atoms with van der Waals surface area (Å²) < 4.78 is 17.0. The number of unbranched alkanes of at least 4 members (excludes halogenated alkanes) is 42. The molecule has 470 valence electrons. The highest BCUT2D eigenvalue weighted by Crippen LogP contribution is 2.18. The lowest BCUT2D eigenvalue weighted by Gasteiger charge is -2.18. The van der Waals surface area contributed by atoms with Crippen LogP contribution in [-0.2, 0) is 28.6 Å². The van der Waals surface area contributed by atoms with Crippen LogP contribution in [0.4, 0.5) is 0 Å². The van der Waals surface area contributed by atoms with E-state index in [0.717, 1.165) is 109 Å². The van der Waals surface area contributed by atoms with Crippen molar-refractivity contribution in [3.05, 3.63) is 72.9 Å². The molecule has 1 unspecified atom stereocenters. The fourth-order valence-electron chi connectivity index (χ4n) is 10.5. The first kappa shape index (κ1) is 77.9. The molecule has 0 fully saturated rings. The van der Waals surface area contributed by atoms with Gasteiger partial charge in [0.2, 0.25) is 0 Å². The van der Waals surface area contributed by atoms with Gasteiger partial charge in [0.15, 0.2) is 6.10 Å². The van der Waals surface area contributed by atoms with Crippen LogP contribution in [-0.4, -0.2) is 37.2 Å². The van der Waals surface area contributed by atoms with Crippen molar-refractivity contribution in [2.24, 2.45) is 0 Å². The van der Waals surface area contributed by atoms with Crippen molar-refractivity contribution < 1.29 is 28.6 Å². The van der Waals surface area contributed by atoms with E-state index in [1.807, 2.05) is 0 Å². The Labute approximate surface area is 503 Å². The Morgan fingerprint density at radius 3 is 0.753 bits per heavy atom. The summed E-state index contributed by atoms with van der Waals surface area (Å²) >= 11 is 0. The fraction of sp³-hybridized carbons (Fsp3) is 0.800. The average molecular weight is 1130 g/mol. The van der Waals surface area contributed by atoms with Gasteiger partial charge >= 0.3 is 17.9 Å². The van der Waals surface area contributed by atoms with E-state index in [1.165, 1.54) is 218 Å². The fourth-order valence-corrected chi connectivity index (χ4v) is 10.5. The van der Waals surface area contributed by atoms with E-state index in [4.69, 9.17) is 14.2 Å². The lowest BCUT2D eigenvalue weighted by Crippen LogP contribution is -2.30. The molecule has 6 nitrogen and oxygen atoms in total. The van der Waals surface area contributed by atoms with E-state index in [2.05, 4.69) is 93.7 Å². The summed E-state index contributed by atoms with van der Waals surface area (Å²) in [6.45, 7) is 6.56. The van der Waals surface area contributed by atoms with Crippen LogP contribution in [0.5, 0.6) is 0 Å². The summed E-state index contributed by atoms with van der Waals surface area (Å²) in [5.74, 6) is -0.886. The molecule has 81 heavy (non-hydrogen) atoms. The van der Waals surface area contributed by atoms with Gasteiger partial charge in [0.05, 0.1) is 0 Å². The predicted octanol–water partition coefficient (Wildman–Crippen LogP) is 24.4. The third-order valence-electron chi connectivity index (χ3n) is 15.7. The SMILES string of the molecule is CC/C=C\C/C=C\C/C=C\C/C=C\C/C=C\C/C=C\CCCCCCC(=O)OC(COC(=O)CCCCCCCCCCCCCC)COC(=O)CCCCCCCCCCCCCCCCCCCCCCCCCCCCCC. The van der Waals surface area contributed by atoms with E-state index in [0.29, 0.717) is 19.3 Å². The summed E-state index contributed by atoms with van der Waals surface area (Å²) in [5.41, 5.74) is 0. The topological polar surface area (TPSA) is 78.9 Å². The zero-order valence-electron chi connectivity index (χ0n) is 54.1. The molecule has 0 aromatic carbocycles. The molecular formula is C75H134O6. The lowest BCUT2D eigenvalue weighted by atomic mass is 10.0. The van der Waals surface area contributed by atoms with Gasteiger partial charge < -0.3 is 14.2 Å². The van der Waals surface area contributed by atoms with Crippen LogP contribution in [0.25, 0.3) is 0 Å². The molecule has 0 aliphatic heterocycles. The van der Waals surface area contributed by atoms with Gasteiger partial charge in [0.1, 0.15) is 13.2 Å². The third kappa shape index (κ3) is 67.5. The molecule has 0 aliphatic carbocycles. The van der Waals surface area contributed by atoms with Crippen molar-refractivity contribution in [1.82, 2.24) is 0 Å². The second-order valence-corrected chi connectivity index (χ2v) is 23.8. The first-order valence-corrected chi connectivity index (χ1v) is 35.4. The first-order valence-electron chi connectivity index (χ1n) is 35.4. The van der Waals surface area contributed by atoms with E-state index in [9.17, 15) is 14.4 Å². The molecule has 0 aromatic rings. The van der Waals surface area contributed by atoms with Gasteiger partial charge in [-0.1, -0.05) is 351 Å². The predicted molar refractivity (Wildman–Crippen MR) is 353 cm³/mol. The molecule has 0 rings (SSSR count). The van der Waals surface area contributed by atoms with Gasteiger partial charge in [-0.2, -0.15) is 0 Å². The number of rotatable bonds is 65. The lowest BCUT2D eigenvalue weighted by molar-refractivity contribution is -0.167. The summed E-state index contributed by atoms with van der Waals surface area (Å²) in [6, 6.07) is 0. The zero-order valence-corrected chi connectivity index (χ0v) is 54.1. The van der Waals surface area contributed by atoms with Crippen molar-refractivity contribution in [2.45, 2.75) is 374 Å². The van der Waals surface area contributed by atoms with Crippen molar-refractivity contribution in [2.75, 3.05) is 13.2 Å². The molecule has 0 radical (unpaired) electrons. The maximum absolute atomic E-state index is 12.9. The van der Waals surface area contributed by atoms with E-state index < -0.39 is 6.10 Å². The molecule has 0 amide bonds. The number of ether oxygens (including phenoxy) is 3. The molecule has 0 aliphatic rings. The summed E-state index contributed by atoms with van der Waals surface area (Å²) in [7, 11) is 0. The van der Waals surface area contributed by atoms with Crippen LogP contribution in [0, 0.1) is 0 Å². The Morgan fingerprint density at radius 2 is 0.481 bits per heavy atom. The maximum atomic E-state index is 12.9. The quantitative estimate of drug-likeness (QED) is 0.0261. The van der Waals surface area contributed by atoms with Gasteiger partial charge in [-0.15, -0.1) is 0 Å². The number of esters is 3. The highest BCUT2D eigenvalue weighted by molar-refractivity contribution is 5.71. The smallest absolute Gasteiger partial charge is 0.306 e. The number of hydrogen-bond acceptors (Lipinski definition) is 6. The third-order valence-corrected chi connectivity index (χ3v) is 15.7. The number of carbonyl (C=O) groups excluding carboxylic acids is 3. The average Bonchev–Trinajstić information content (AvgIpc) is 3.47. The largest absolute Gasteiger partial charge is 0.462 e. The Bertz CT molecular complexity index is 1490. The molecule has 0 N–H and O–H groups in total. The van der Waals surface area contributed by atoms with Crippen molar-refractivity contribution in [3.8, 4) is 0 Å². The monoisotopic (exact) mass is 1130 g/mol. The number of carbonyl (C=O) groups is 3. The molecule has 0 saturated heterocycles. The molecule has 6 heteroatoms. The number of hydrogen-bond donors (Lipinski definition) is 0. The Morgan fingerprint density at radius 1 is 0.259 bits per heavy atom. The van der Waals surface area contributed by atoms with Crippen LogP contribution in [0.1, 0.15) is 367 Å². The van der Waals surface area contributed by atoms with Gasteiger partial charge in [-0.25, -0.2) is 0 Å². The van der Waals surface area contributed by atoms with Crippen molar-refractivity contribution >= 4 is 17.9 Å². The second-order valence-electron chi connectivity index (χ2n) is 23.8. The standard InChI is InChI=1S/C75H134O6/c1-4-7-10-13-16-19-22-25-27-29-31-33-35-36-37-38-39-41-42-44-46-48-50-53-56-59-62-65-68-74(77)80-71-72(70-79-73(76)67-64-61-58-55-52-24-21-18-15-12-9-6-3)81-75(78)69-66-63-60-57-54-51-49-47-45-43-40-34-32-30-28-26-23-20-17-14-11-8-5-2/h8,11,17,20,26,28,32,34,43,45,49,51,72H,4-7,9-10,12-16,18-19,21-25,27,29-31,33,35-42,44,46-48,50,52-71H2,1-3H3/b11-8-,20-17-,28-26-,34-32-,45-43-,51-49-. The van der Waals surface area contributed by atoms with Gasteiger partial charge in [0.25, 0.3) is 0 Å². The van der Waals surface area contributed by atoms with E-state index in [-0.39, 0.29) is 31.1 Å². The van der Waals surface area contributed by atoms with Crippen LogP contribution in [0.3, 0.4) is 0 Å². The van der Waals surface area contributed by atoms with Crippen LogP contribution >= 0.6 is 0 Å². The minimum absolute atomic E-state index is 0.0814. The Hall–Kier alpha value is -3.15.